The van der Waals surface area contributed by atoms with Gasteiger partial charge in [-0.25, -0.2) is 9.78 Å². The van der Waals surface area contributed by atoms with E-state index in [0.29, 0.717) is 12.5 Å². The standard InChI is InChI=1S/C10H9Cl2NO3/c11-6-3-13-9(16-4-5-1-2-5)8(12)7(6)10(14)15/h3,5H,1-2,4H2,(H,14,15). The Bertz CT molecular complexity index is 432. The summed E-state index contributed by atoms with van der Waals surface area (Å²) < 4.78 is 5.34. The van der Waals surface area contributed by atoms with E-state index in [1.54, 1.807) is 0 Å². The van der Waals surface area contributed by atoms with E-state index >= 15 is 0 Å². The highest BCUT2D eigenvalue weighted by molar-refractivity contribution is 6.39. The third kappa shape index (κ3) is 2.39. The quantitative estimate of drug-likeness (QED) is 0.906. The number of ether oxygens (including phenoxy) is 1. The molecule has 4 nitrogen and oxygen atoms in total. The molecule has 0 spiro atoms. The van der Waals surface area contributed by atoms with E-state index in [1.165, 1.54) is 6.20 Å². The van der Waals surface area contributed by atoms with Crippen molar-refractivity contribution in [3.8, 4) is 5.88 Å². The third-order valence-electron chi connectivity index (χ3n) is 2.31. The summed E-state index contributed by atoms with van der Waals surface area (Å²) in [6.07, 6.45) is 3.51. The van der Waals surface area contributed by atoms with Crippen LogP contribution in [0.3, 0.4) is 0 Å². The van der Waals surface area contributed by atoms with E-state index < -0.39 is 5.97 Å². The molecule has 16 heavy (non-hydrogen) atoms. The smallest absolute Gasteiger partial charge is 0.339 e. The normalized spacial score (nSPS) is 14.9. The number of carboxylic acid groups (broad SMARTS) is 1. The fraction of sp³-hybridized carbons (Fsp3) is 0.400. The van der Waals surface area contributed by atoms with Gasteiger partial charge in [-0.1, -0.05) is 23.2 Å². The number of aromatic nitrogens is 1. The first-order chi connectivity index (χ1) is 7.59. The number of pyridine rings is 1. The summed E-state index contributed by atoms with van der Waals surface area (Å²) in [5, 5.41) is 8.88. The topological polar surface area (TPSA) is 59.4 Å². The van der Waals surface area contributed by atoms with Crippen LogP contribution in [0.4, 0.5) is 0 Å². The van der Waals surface area contributed by atoms with Crippen LogP contribution in [0.1, 0.15) is 23.2 Å². The van der Waals surface area contributed by atoms with E-state index in [9.17, 15) is 4.79 Å². The van der Waals surface area contributed by atoms with Gasteiger partial charge >= 0.3 is 5.97 Å². The molecule has 0 bridgehead atoms. The number of halogens is 2. The van der Waals surface area contributed by atoms with Crippen LogP contribution in [0.15, 0.2) is 6.20 Å². The highest BCUT2D eigenvalue weighted by Crippen LogP contribution is 2.34. The van der Waals surface area contributed by atoms with E-state index in [2.05, 4.69) is 4.98 Å². The molecule has 1 aromatic heterocycles. The Morgan fingerprint density at radius 1 is 1.56 bits per heavy atom. The molecule has 0 unspecified atom stereocenters. The van der Waals surface area contributed by atoms with E-state index in [0.717, 1.165) is 12.8 Å². The average Bonchev–Trinajstić information content (AvgIpc) is 3.00. The minimum absolute atomic E-state index is 0.0104. The molecule has 1 N–H and O–H groups in total. The molecule has 1 fully saturated rings. The van der Waals surface area contributed by atoms with Gasteiger partial charge in [-0.15, -0.1) is 0 Å². The fourth-order valence-corrected chi connectivity index (χ4v) is 1.78. The molecule has 0 aromatic carbocycles. The van der Waals surface area contributed by atoms with Gasteiger partial charge in [0.25, 0.3) is 0 Å². The maximum absolute atomic E-state index is 10.9. The number of carbonyl (C=O) groups is 1. The van der Waals surface area contributed by atoms with Crippen LogP contribution in [0.25, 0.3) is 0 Å². The van der Waals surface area contributed by atoms with Gasteiger partial charge in [0.05, 0.1) is 17.8 Å². The summed E-state index contributed by atoms with van der Waals surface area (Å²) in [7, 11) is 0. The van der Waals surface area contributed by atoms with Crippen molar-refractivity contribution in [3.05, 3.63) is 21.8 Å². The molecule has 86 valence electrons. The molecule has 0 saturated heterocycles. The number of hydrogen-bond acceptors (Lipinski definition) is 3. The van der Waals surface area contributed by atoms with Gasteiger partial charge in [0, 0.05) is 0 Å². The highest BCUT2D eigenvalue weighted by atomic mass is 35.5. The van der Waals surface area contributed by atoms with Crippen LogP contribution in [0.2, 0.25) is 10.0 Å². The average molecular weight is 262 g/mol. The van der Waals surface area contributed by atoms with E-state index in [4.69, 9.17) is 33.0 Å². The molecule has 1 aromatic rings. The third-order valence-corrected chi connectivity index (χ3v) is 2.94. The lowest BCUT2D eigenvalue weighted by atomic mass is 10.2. The van der Waals surface area contributed by atoms with Gasteiger partial charge in [0.2, 0.25) is 5.88 Å². The van der Waals surface area contributed by atoms with Crippen molar-refractivity contribution < 1.29 is 14.6 Å². The predicted octanol–water partition coefficient (Wildman–Crippen LogP) is 2.88. The maximum Gasteiger partial charge on any atom is 0.339 e. The second-order valence-corrected chi connectivity index (χ2v) is 4.44. The number of carboxylic acids is 1. The first-order valence-electron chi connectivity index (χ1n) is 4.79. The van der Waals surface area contributed by atoms with Crippen LogP contribution < -0.4 is 4.74 Å². The summed E-state index contributed by atoms with van der Waals surface area (Å²) >= 11 is 11.5. The van der Waals surface area contributed by atoms with Gasteiger partial charge in [0.1, 0.15) is 10.6 Å². The lowest BCUT2D eigenvalue weighted by molar-refractivity contribution is 0.0696. The van der Waals surface area contributed by atoms with Crippen LogP contribution >= 0.6 is 23.2 Å². The molecule has 0 amide bonds. The molecule has 1 heterocycles. The molecular formula is C10H9Cl2NO3. The van der Waals surface area contributed by atoms with Gasteiger partial charge in [-0.2, -0.15) is 0 Å². The number of nitrogens with zero attached hydrogens (tertiary/aromatic N) is 1. The Kier molecular flexibility index (Phi) is 3.21. The minimum Gasteiger partial charge on any atom is -0.478 e. The summed E-state index contributed by atoms with van der Waals surface area (Å²) in [4.78, 5) is 14.8. The first kappa shape index (κ1) is 11.5. The first-order valence-corrected chi connectivity index (χ1v) is 5.55. The number of aromatic carboxylic acids is 1. The Morgan fingerprint density at radius 3 is 2.81 bits per heavy atom. The zero-order chi connectivity index (χ0) is 11.7. The molecule has 0 aliphatic heterocycles. The van der Waals surface area contributed by atoms with Crippen molar-refractivity contribution in [2.45, 2.75) is 12.8 Å². The predicted molar refractivity (Wildman–Crippen MR) is 59.4 cm³/mol. The van der Waals surface area contributed by atoms with Crippen molar-refractivity contribution in [1.29, 1.82) is 0 Å². The van der Waals surface area contributed by atoms with Crippen LogP contribution in [0.5, 0.6) is 5.88 Å². The minimum atomic E-state index is -1.19. The summed E-state index contributed by atoms with van der Waals surface area (Å²) in [5.41, 5.74) is -0.163. The summed E-state index contributed by atoms with van der Waals surface area (Å²) in [6, 6.07) is 0. The van der Waals surface area contributed by atoms with Gasteiger partial charge in [-0.3, -0.25) is 0 Å². The zero-order valence-corrected chi connectivity index (χ0v) is 9.75. The van der Waals surface area contributed by atoms with Gasteiger partial charge in [-0.05, 0) is 18.8 Å². The molecule has 2 rings (SSSR count). The van der Waals surface area contributed by atoms with Crippen LogP contribution in [-0.4, -0.2) is 22.7 Å². The van der Waals surface area contributed by atoms with Gasteiger partial charge in [0.15, 0.2) is 0 Å². The molecule has 0 radical (unpaired) electrons. The largest absolute Gasteiger partial charge is 0.478 e. The maximum atomic E-state index is 10.9. The Balaban J connectivity index is 2.23. The molecule has 6 heteroatoms. The van der Waals surface area contributed by atoms with Crippen molar-refractivity contribution in [2.24, 2.45) is 5.92 Å². The Labute approximate surface area is 102 Å². The van der Waals surface area contributed by atoms with Crippen molar-refractivity contribution in [2.75, 3.05) is 6.61 Å². The van der Waals surface area contributed by atoms with E-state index in [-0.39, 0.29) is 21.5 Å². The molecular weight excluding hydrogens is 253 g/mol. The van der Waals surface area contributed by atoms with Crippen molar-refractivity contribution >= 4 is 29.2 Å². The zero-order valence-electron chi connectivity index (χ0n) is 8.24. The lowest BCUT2D eigenvalue weighted by Crippen LogP contribution is -2.05. The lowest BCUT2D eigenvalue weighted by Gasteiger charge is -2.08. The second-order valence-electron chi connectivity index (χ2n) is 3.66. The summed E-state index contributed by atoms with van der Waals surface area (Å²) in [5.74, 6) is -0.508. The molecule has 1 saturated carbocycles. The second kappa shape index (κ2) is 4.47. The monoisotopic (exact) mass is 261 g/mol. The van der Waals surface area contributed by atoms with Crippen LogP contribution in [-0.2, 0) is 0 Å². The van der Waals surface area contributed by atoms with Crippen LogP contribution in [0, 0.1) is 5.92 Å². The Morgan fingerprint density at radius 2 is 2.25 bits per heavy atom. The summed E-state index contributed by atoms with van der Waals surface area (Å²) in [6.45, 7) is 0.521. The number of hydrogen-bond donors (Lipinski definition) is 1. The Hall–Kier alpha value is -1.00. The SMILES string of the molecule is O=C(O)c1c(Cl)cnc(OCC2CC2)c1Cl. The number of rotatable bonds is 4. The van der Waals surface area contributed by atoms with E-state index in [1.807, 2.05) is 0 Å². The molecule has 1 aliphatic carbocycles. The van der Waals surface area contributed by atoms with Crippen molar-refractivity contribution in [3.63, 3.8) is 0 Å². The van der Waals surface area contributed by atoms with Crippen molar-refractivity contribution in [1.82, 2.24) is 4.98 Å². The molecule has 0 atom stereocenters. The molecule has 1 aliphatic rings. The fourth-order valence-electron chi connectivity index (χ4n) is 1.23. The van der Waals surface area contributed by atoms with Gasteiger partial charge < -0.3 is 9.84 Å². The highest BCUT2D eigenvalue weighted by Gasteiger charge is 2.24.